The van der Waals surface area contributed by atoms with Gasteiger partial charge in [0, 0.05) is 6.61 Å². The zero-order valence-electron chi connectivity index (χ0n) is 9.30. The van der Waals surface area contributed by atoms with Gasteiger partial charge in [0.15, 0.2) is 6.10 Å². The molecule has 1 N–H and O–H groups in total. The molecule has 0 aliphatic heterocycles. The van der Waals surface area contributed by atoms with Crippen molar-refractivity contribution in [3.63, 3.8) is 0 Å². The predicted molar refractivity (Wildman–Crippen MR) is 63.1 cm³/mol. The second-order valence-electron chi connectivity index (χ2n) is 3.40. The van der Waals surface area contributed by atoms with Gasteiger partial charge in [-0.1, -0.05) is 43.3 Å². The summed E-state index contributed by atoms with van der Waals surface area (Å²) in [5, 5.41) is 8.90. The molecule has 0 fully saturated rings. The normalized spacial score (nSPS) is 12.8. The quantitative estimate of drug-likeness (QED) is 0.801. The largest absolute Gasteiger partial charge is 0.479 e. The van der Waals surface area contributed by atoms with Crippen LogP contribution >= 0.6 is 0 Å². The summed E-state index contributed by atoms with van der Waals surface area (Å²) in [4.78, 5) is 10.9. The van der Waals surface area contributed by atoms with Gasteiger partial charge in [0.1, 0.15) is 0 Å². The number of benzene rings is 1. The van der Waals surface area contributed by atoms with E-state index in [0.717, 1.165) is 12.0 Å². The maximum Gasteiger partial charge on any atom is 0.336 e. The third-order valence-electron chi connectivity index (χ3n) is 2.01. The topological polar surface area (TPSA) is 46.5 Å². The van der Waals surface area contributed by atoms with E-state index in [-0.39, 0.29) is 0 Å². The summed E-state index contributed by atoms with van der Waals surface area (Å²) in [6.45, 7) is 2.40. The molecule has 1 rings (SSSR count). The molecule has 0 heterocycles. The molecule has 0 saturated carbocycles. The Kier molecular flexibility index (Phi) is 5.29. The van der Waals surface area contributed by atoms with Gasteiger partial charge < -0.3 is 9.84 Å². The summed E-state index contributed by atoms with van der Waals surface area (Å²) >= 11 is 0. The lowest BCUT2D eigenvalue weighted by molar-refractivity contribution is -0.147. The van der Waals surface area contributed by atoms with Crippen molar-refractivity contribution in [3.05, 3.63) is 42.0 Å². The number of rotatable bonds is 6. The maximum absolute atomic E-state index is 10.9. The van der Waals surface area contributed by atoms with Crippen LogP contribution < -0.4 is 0 Å². The van der Waals surface area contributed by atoms with Gasteiger partial charge in [-0.05, 0) is 18.1 Å². The van der Waals surface area contributed by atoms with E-state index >= 15 is 0 Å². The molecule has 0 aromatic heterocycles. The first-order chi connectivity index (χ1) is 7.74. The second-order valence-corrected chi connectivity index (χ2v) is 3.40. The van der Waals surface area contributed by atoms with Gasteiger partial charge in [-0.3, -0.25) is 0 Å². The highest BCUT2D eigenvalue weighted by Gasteiger charge is 2.12. The van der Waals surface area contributed by atoms with Gasteiger partial charge in [-0.2, -0.15) is 0 Å². The first-order valence-electron chi connectivity index (χ1n) is 5.31. The van der Waals surface area contributed by atoms with Crippen LogP contribution in [0.4, 0.5) is 0 Å². The Balaban J connectivity index is 2.61. The number of aliphatic carboxylic acids is 1. The lowest BCUT2D eigenvalue weighted by Crippen LogP contribution is -2.21. The Morgan fingerprint density at radius 1 is 1.44 bits per heavy atom. The SMILES string of the molecule is CCCO[C@@H](C=Cc1ccccc1)C(=O)O. The van der Waals surface area contributed by atoms with Gasteiger partial charge in [-0.25, -0.2) is 4.79 Å². The van der Waals surface area contributed by atoms with E-state index in [1.54, 1.807) is 12.2 Å². The Morgan fingerprint density at radius 3 is 2.69 bits per heavy atom. The zero-order valence-corrected chi connectivity index (χ0v) is 9.30. The summed E-state index contributed by atoms with van der Waals surface area (Å²) < 4.78 is 5.19. The van der Waals surface area contributed by atoms with Crippen LogP contribution in [0.25, 0.3) is 6.08 Å². The molecule has 0 aliphatic carbocycles. The summed E-state index contributed by atoms with van der Waals surface area (Å²) in [6.07, 6.45) is 3.27. The highest BCUT2D eigenvalue weighted by atomic mass is 16.5. The molecule has 1 atom stereocenters. The fourth-order valence-corrected chi connectivity index (χ4v) is 1.22. The lowest BCUT2D eigenvalue weighted by Gasteiger charge is -2.07. The van der Waals surface area contributed by atoms with Crippen molar-refractivity contribution in [3.8, 4) is 0 Å². The van der Waals surface area contributed by atoms with E-state index in [9.17, 15) is 4.79 Å². The molecule has 0 bridgehead atoms. The van der Waals surface area contributed by atoms with Crippen LogP contribution in [0.5, 0.6) is 0 Å². The third-order valence-corrected chi connectivity index (χ3v) is 2.01. The van der Waals surface area contributed by atoms with Crippen LogP contribution in [0.2, 0.25) is 0 Å². The van der Waals surface area contributed by atoms with Crippen LogP contribution in [-0.4, -0.2) is 23.8 Å². The summed E-state index contributed by atoms with van der Waals surface area (Å²) in [7, 11) is 0. The Hall–Kier alpha value is -1.61. The minimum Gasteiger partial charge on any atom is -0.479 e. The Labute approximate surface area is 95.4 Å². The van der Waals surface area contributed by atoms with Crippen molar-refractivity contribution in [2.24, 2.45) is 0 Å². The third kappa shape index (κ3) is 4.28. The molecular weight excluding hydrogens is 204 g/mol. The maximum atomic E-state index is 10.9. The minimum absolute atomic E-state index is 0.454. The van der Waals surface area contributed by atoms with E-state index in [1.165, 1.54) is 0 Å². The molecule has 0 spiro atoms. The number of ether oxygens (including phenoxy) is 1. The Morgan fingerprint density at radius 2 is 2.12 bits per heavy atom. The van der Waals surface area contributed by atoms with Crippen LogP contribution in [0, 0.1) is 0 Å². The van der Waals surface area contributed by atoms with Crippen LogP contribution in [0.1, 0.15) is 18.9 Å². The van der Waals surface area contributed by atoms with Crippen LogP contribution in [0.3, 0.4) is 0 Å². The number of carboxylic acid groups (broad SMARTS) is 1. The van der Waals surface area contributed by atoms with E-state index in [4.69, 9.17) is 9.84 Å². The average Bonchev–Trinajstić information content (AvgIpc) is 2.30. The standard InChI is InChI=1S/C13H16O3/c1-2-10-16-12(13(14)15)9-8-11-6-4-3-5-7-11/h3-9,12H,2,10H2,1H3,(H,14,15)/t12-/m0/s1. The summed E-state index contributed by atoms with van der Waals surface area (Å²) in [5.74, 6) is -0.958. The fraction of sp³-hybridized carbons (Fsp3) is 0.308. The van der Waals surface area contributed by atoms with Gasteiger partial charge in [0.25, 0.3) is 0 Å². The average molecular weight is 220 g/mol. The Bertz CT molecular complexity index is 343. The molecule has 86 valence electrons. The van der Waals surface area contributed by atoms with Crippen molar-refractivity contribution in [1.82, 2.24) is 0 Å². The van der Waals surface area contributed by atoms with Gasteiger partial charge in [0.2, 0.25) is 0 Å². The van der Waals surface area contributed by atoms with Crippen molar-refractivity contribution >= 4 is 12.0 Å². The van der Waals surface area contributed by atoms with Crippen LogP contribution in [0.15, 0.2) is 36.4 Å². The predicted octanol–water partition coefficient (Wildman–Crippen LogP) is 2.58. The lowest BCUT2D eigenvalue weighted by atomic mass is 10.2. The first-order valence-corrected chi connectivity index (χ1v) is 5.31. The molecule has 1 aromatic rings. The van der Waals surface area contributed by atoms with Crippen molar-refractivity contribution in [2.45, 2.75) is 19.4 Å². The molecule has 1 aromatic carbocycles. The summed E-state index contributed by atoms with van der Waals surface area (Å²) in [5.41, 5.74) is 0.967. The summed E-state index contributed by atoms with van der Waals surface area (Å²) in [6, 6.07) is 9.55. The molecule has 0 aliphatic rings. The highest BCUT2D eigenvalue weighted by molar-refractivity contribution is 5.76. The molecule has 16 heavy (non-hydrogen) atoms. The van der Waals surface area contributed by atoms with Gasteiger partial charge >= 0.3 is 5.97 Å². The fourth-order valence-electron chi connectivity index (χ4n) is 1.22. The van der Waals surface area contributed by atoms with Gasteiger partial charge in [-0.15, -0.1) is 0 Å². The molecule has 0 unspecified atom stereocenters. The first kappa shape index (κ1) is 12.5. The molecule has 3 heteroatoms. The number of carbonyl (C=O) groups is 1. The van der Waals surface area contributed by atoms with E-state index in [2.05, 4.69) is 0 Å². The number of hydrogen-bond donors (Lipinski definition) is 1. The number of carboxylic acids is 1. The molecule has 0 radical (unpaired) electrons. The second kappa shape index (κ2) is 6.80. The smallest absolute Gasteiger partial charge is 0.336 e. The zero-order chi connectivity index (χ0) is 11.8. The van der Waals surface area contributed by atoms with Crippen LogP contribution in [-0.2, 0) is 9.53 Å². The van der Waals surface area contributed by atoms with Crippen molar-refractivity contribution in [2.75, 3.05) is 6.61 Å². The number of hydrogen-bond acceptors (Lipinski definition) is 2. The van der Waals surface area contributed by atoms with E-state index < -0.39 is 12.1 Å². The van der Waals surface area contributed by atoms with E-state index in [1.807, 2.05) is 37.3 Å². The molecule has 0 saturated heterocycles. The highest BCUT2D eigenvalue weighted by Crippen LogP contribution is 2.04. The molecule has 3 nitrogen and oxygen atoms in total. The minimum atomic E-state index is -0.958. The van der Waals surface area contributed by atoms with E-state index in [0.29, 0.717) is 6.61 Å². The molecule has 0 amide bonds. The molecular formula is C13H16O3. The van der Waals surface area contributed by atoms with Gasteiger partial charge in [0.05, 0.1) is 0 Å². The van der Waals surface area contributed by atoms with Crippen molar-refractivity contribution in [1.29, 1.82) is 0 Å². The van der Waals surface area contributed by atoms with Crippen molar-refractivity contribution < 1.29 is 14.6 Å². The monoisotopic (exact) mass is 220 g/mol.